The first kappa shape index (κ1) is 21.0. The van der Waals surface area contributed by atoms with E-state index in [0.29, 0.717) is 23.0 Å². The number of aryl methyl sites for hydroxylation is 1. The summed E-state index contributed by atoms with van der Waals surface area (Å²) < 4.78 is 2.29. The first-order valence-electron chi connectivity index (χ1n) is 10.4. The molecule has 31 heavy (non-hydrogen) atoms. The molecular weight excluding hydrogens is 410 g/mol. The number of hydrazone groups is 1. The maximum absolute atomic E-state index is 12.8. The van der Waals surface area contributed by atoms with E-state index < -0.39 is 0 Å². The van der Waals surface area contributed by atoms with E-state index in [1.54, 1.807) is 12.1 Å². The highest BCUT2D eigenvalue weighted by atomic mass is 32.1. The van der Waals surface area contributed by atoms with Gasteiger partial charge in [0, 0.05) is 41.7 Å². The topological polar surface area (TPSA) is 79.6 Å². The maximum atomic E-state index is 12.8. The van der Waals surface area contributed by atoms with Crippen molar-refractivity contribution in [3.63, 3.8) is 0 Å². The molecule has 0 aliphatic carbocycles. The van der Waals surface area contributed by atoms with E-state index in [1.807, 2.05) is 23.6 Å². The highest BCUT2D eigenvalue weighted by Gasteiger charge is 2.26. The highest BCUT2D eigenvalue weighted by Crippen LogP contribution is 2.30. The lowest BCUT2D eigenvalue weighted by Gasteiger charge is -2.22. The van der Waals surface area contributed by atoms with Crippen molar-refractivity contribution in [1.82, 2.24) is 9.55 Å². The van der Waals surface area contributed by atoms with Crippen molar-refractivity contribution in [3.05, 3.63) is 53.2 Å². The van der Waals surface area contributed by atoms with Crippen molar-refractivity contribution < 1.29 is 9.59 Å². The molecule has 0 saturated heterocycles. The van der Waals surface area contributed by atoms with Gasteiger partial charge in [-0.3, -0.25) is 14.9 Å². The summed E-state index contributed by atoms with van der Waals surface area (Å²) in [4.78, 5) is 29.7. The molecule has 1 aromatic carbocycles. The Bertz CT molecular complexity index is 1150. The summed E-state index contributed by atoms with van der Waals surface area (Å²) in [5, 5.41) is 10.9. The molecule has 0 atom stereocenters. The molecule has 7 nitrogen and oxygen atoms in total. The molecule has 3 aromatic rings. The minimum absolute atomic E-state index is 0.123. The van der Waals surface area contributed by atoms with Crippen LogP contribution in [0.2, 0.25) is 0 Å². The average molecular weight is 436 g/mol. The molecule has 1 aliphatic rings. The summed E-state index contributed by atoms with van der Waals surface area (Å²) in [6, 6.07) is 11.3. The second kappa shape index (κ2) is 8.85. The molecule has 8 heteroatoms. The smallest absolute Gasteiger partial charge is 0.273 e. The molecule has 0 radical (unpaired) electrons. The number of carbonyl (C=O) groups is 2. The third kappa shape index (κ3) is 4.29. The normalized spacial score (nSPS) is 14.0. The maximum Gasteiger partial charge on any atom is 0.273 e. The predicted octanol–water partition coefficient (Wildman–Crippen LogP) is 4.76. The fourth-order valence-corrected chi connectivity index (χ4v) is 4.45. The van der Waals surface area contributed by atoms with Gasteiger partial charge in [0.25, 0.3) is 5.91 Å². The van der Waals surface area contributed by atoms with Gasteiger partial charge in [-0.25, -0.2) is 9.99 Å². The van der Waals surface area contributed by atoms with Gasteiger partial charge in [0.2, 0.25) is 5.91 Å². The quantitative estimate of drug-likeness (QED) is 0.606. The Morgan fingerprint density at radius 1 is 1.19 bits per heavy atom. The number of hydrogen-bond acceptors (Lipinski definition) is 5. The lowest BCUT2D eigenvalue weighted by molar-refractivity contribution is -0.118. The van der Waals surface area contributed by atoms with E-state index in [0.717, 1.165) is 24.2 Å². The summed E-state index contributed by atoms with van der Waals surface area (Å²) in [6.07, 6.45) is 1.62. The minimum Gasteiger partial charge on any atom is -0.348 e. The van der Waals surface area contributed by atoms with Crippen molar-refractivity contribution in [3.8, 4) is 11.3 Å². The summed E-state index contributed by atoms with van der Waals surface area (Å²) in [7, 11) is 0. The van der Waals surface area contributed by atoms with E-state index in [-0.39, 0.29) is 18.2 Å². The van der Waals surface area contributed by atoms with Crippen molar-refractivity contribution in [2.45, 2.75) is 46.6 Å². The van der Waals surface area contributed by atoms with Gasteiger partial charge in [-0.15, -0.1) is 11.3 Å². The molecule has 0 spiro atoms. The zero-order valence-corrected chi connectivity index (χ0v) is 18.7. The van der Waals surface area contributed by atoms with Crippen LogP contribution >= 0.6 is 11.3 Å². The fraction of sp³-hybridized carbons (Fsp3) is 0.304. The molecule has 2 amide bonds. The molecule has 0 saturated carbocycles. The number of rotatable bonds is 6. The van der Waals surface area contributed by atoms with E-state index >= 15 is 0 Å². The molecule has 4 rings (SSSR count). The lowest BCUT2D eigenvalue weighted by Crippen LogP contribution is -2.36. The lowest BCUT2D eigenvalue weighted by atomic mass is 10.1. The molecule has 1 N–H and O–H groups in total. The van der Waals surface area contributed by atoms with E-state index in [2.05, 4.69) is 46.8 Å². The van der Waals surface area contributed by atoms with Crippen LogP contribution < -0.4 is 10.3 Å². The van der Waals surface area contributed by atoms with Gasteiger partial charge in [-0.05, 0) is 38.5 Å². The van der Waals surface area contributed by atoms with Crippen molar-refractivity contribution >= 4 is 39.7 Å². The van der Waals surface area contributed by atoms with Crippen LogP contribution in [0, 0.1) is 13.8 Å². The number of thiazole rings is 1. The summed E-state index contributed by atoms with van der Waals surface area (Å²) in [5.41, 5.74) is 5.28. The molecular formula is C23H25N5O2S. The van der Waals surface area contributed by atoms with Crippen LogP contribution in [-0.4, -0.2) is 27.1 Å². The SMILES string of the molecule is CCCn1c(C)cc(-c2csc(NC(=O)C3=NN(c4ccccc4)C(=O)CC3)n2)c1C. The largest absolute Gasteiger partial charge is 0.348 e. The number of benzene rings is 1. The number of aromatic nitrogens is 2. The predicted molar refractivity (Wildman–Crippen MR) is 125 cm³/mol. The first-order chi connectivity index (χ1) is 15.0. The van der Waals surface area contributed by atoms with E-state index in [9.17, 15) is 9.59 Å². The van der Waals surface area contributed by atoms with Gasteiger partial charge >= 0.3 is 0 Å². The fourth-order valence-electron chi connectivity index (χ4n) is 3.74. The Kier molecular flexibility index (Phi) is 5.99. The second-order valence-electron chi connectivity index (χ2n) is 7.52. The van der Waals surface area contributed by atoms with Gasteiger partial charge in [0.1, 0.15) is 5.71 Å². The van der Waals surface area contributed by atoms with E-state index in [1.165, 1.54) is 27.7 Å². The molecule has 0 unspecified atom stereocenters. The summed E-state index contributed by atoms with van der Waals surface area (Å²) in [6.45, 7) is 7.33. The van der Waals surface area contributed by atoms with Gasteiger partial charge in [-0.2, -0.15) is 5.10 Å². The van der Waals surface area contributed by atoms with Crippen LogP contribution in [0.3, 0.4) is 0 Å². The Labute approximate surface area is 185 Å². The molecule has 3 heterocycles. The average Bonchev–Trinajstić information content (AvgIpc) is 3.34. The second-order valence-corrected chi connectivity index (χ2v) is 8.37. The number of para-hydroxylation sites is 1. The monoisotopic (exact) mass is 435 g/mol. The van der Waals surface area contributed by atoms with Gasteiger partial charge in [0.15, 0.2) is 5.13 Å². The third-order valence-electron chi connectivity index (χ3n) is 5.32. The molecule has 2 aromatic heterocycles. The van der Waals surface area contributed by atoms with Crippen LogP contribution in [0.4, 0.5) is 10.8 Å². The summed E-state index contributed by atoms with van der Waals surface area (Å²) in [5.74, 6) is -0.451. The number of nitrogens with zero attached hydrogens (tertiary/aromatic N) is 4. The van der Waals surface area contributed by atoms with Gasteiger partial charge in [0.05, 0.1) is 11.4 Å². The zero-order chi connectivity index (χ0) is 22.0. The zero-order valence-electron chi connectivity index (χ0n) is 17.9. The van der Waals surface area contributed by atoms with Crippen LogP contribution in [0.15, 0.2) is 46.9 Å². The Morgan fingerprint density at radius 2 is 1.97 bits per heavy atom. The number of nitrogens with one attached hydrogen (secondary N) is 1. The Hall–Kier alpha value is -3.26. The van der Waals surface area contributed by atoms with Crippen molar-refractivity contribution in [1.29, 1.82) is 0 Å². The Balaban J connectivity index is 1.52. The minimum atomic E-state index is -0.328. The van der Waals surface area contributed by atoms with Gasteiger partial charge < -0.3 is 4.57 Å². The van der Waals surface area contributed by atoms with Crippen LogP contribution in [0.1, 0.15) is 37.6 Å². The number of amides is 2. The molecule has 1 aliphatic heterocycles. The van der Waals surface area contributed by atoms with Crippen LogP contribution in [0.5, 0.6) is 0 Å². The number of hydrogen-bond donors (Lipinski definition) is 1. The standard InChI is InChI=1S/C23H25N5O2S/c1-4-12-27-15(2)13-18(16(27)3)20-14-31-23(24-20)25-22(30)19-10-11-21(29)28(26-19)17-8-6-5-7-9-17/h5-9,13-14H,4,10-12H2,1-3H3,(H,24,25,30). The highest BCUT2D eigenvalue weighted by molar-refractivity contribution is 7.14. The molecule has 160 valence electrons. The van der Waals surface area contributed by atoms with Crippen LogP contribution in [-0.2, 0) is 16.1 Å². The molecule has 0 bridgehead atoms. The Morgan fingerprint density at radius 3 is 2.71 bits per heavy atom. The first-order valence-corrected chi connectivity index (χ1v) is 11.3. The van der Waals surface area contributed by atoms with Crippen LogP contribution in [0.25, 0.3) is 11.3 Å². The van der Waals surface area contributed by atoms with Crippen molar-refractivity contribution in [2.24, 2.45) is 5.10 Å². The third-order valence-corrected chi connectivity index (χ3v) is 6.07. The number of anilines is 2. The van der Waals surface area contributed by atoms with Gasteiger partial charge in [-0.1, -0.05) is 25.1 Å². The van der Waals surface area contributed by atoms with Crippen molar-refractivity contribution in [2.75, 3.05) is 10.3 Å². The van der Waals surface area contributed by atoms with E-state index in [4.69, 9.17) is 0 Å². The summed E-state index contributed by atoms with van der Waals surface area (Å²) >= 11 is 1.38. The molecule has 0 fully saturated rings. The number of carbonyl (C=O) groups excluding carboxylic acids is 2.